The number of nitriles is 1. The van der Waals surface area contributed by atoms with Crippen molar-refractivity contribution >= 4 is 0 Å². The van der Waals surface area contributed by atoms with Gasteiger partial charge in [0.15, 0.2) is 0 Å². The van der Waals surface area contributed by atoms with Crippen molar-refractivity contribution in [1.29, 1.82) is 5.26 Å². The van der Waals surface area contributed by atoms with Crippen LogP contribution in [0.1, 0.15) is 19.3 Å². The van der Waals surface area contributed by atoms with Crippen LogP contribution in [0, 0.1) is 11.3 Å². The van der Waals surface area contributed by atoms with Gasteiger partial charge < -0.3 is 10.0 Å². The number of nitrogens with zero attached hydrogens (tertiary/aromatic N) is 3. The van der Waals surface area contributed by atoms with Gasteiger partial charge in [0.1, 0.15) is 0 Å². The van der Waals surface area contributed by atoms with E-state index in [1.165, 1.54) is 0 Å². The molecule has 1 fully saturated rings. The van der Waals surface area contributed by atoms with Gasteiger partial charge in [-0.25, -0.2) is 0 Å². The highest BCUT2D eigenvalue weighted by molar-refractivity contribution is 4.86. The van der Waals surface area contributed by atoms with E-state index in [1.807, 2.05) is 0 Å². The van der Waals surface area contributed by atoms with Gasteiger partial charge in [0.25, 0.3) is 0 Å². The van der Waals surface area contributed by atoms with Crippen molar-refractivity contribution in [2.75, 3.05) is 33.7 Å². The largest absolute Gasteiger partial charge is 0.392 e. The molecule has 1 aliphatic rings. The Morgan fingerprint density at radius 1 is 1.53 bits per heavy atom. The third-order valence-corrected chi connectivity index (χ3v) is 2.82. The van der Waals surface area contributed by atoms with E-state index < -0.39 is 0 Å². The predicted octanol–water partition coefficient (Wildman–Crippen LogP) is 0.287. The van der Waals surface area contributed by atoms with Crippen molar-refractivity contribution in [3.63, 3.8) is 0 Å². The first kappa shape index (κ1) is 12.4. The third kappa shape index (κ3) is 4.17. The number of aliphatic hydroxyl groups excluding tert-OH is 1. The minimum absolute atomic E-state index is 0.183. The van der Waals surface area contributed by atoms with Gasteiger partial charge in [0.2, 0.25) is 0 Å². The molecule has 0 bridgehead atoms. The molecular weight excluding hydrogens is 190 g/mol. The zero-order valence-corrected chi connectivity index (χ0v) is 9.69. The summed E-state index contributed by atoms with van der Waals surface area (Å²) in [4.78, 5) is 4.46. The Morgan fingerprint density at radius 2 is 2.27 bits per heavy atom. The highest BCUT2D eigenvalue weighted by Crippen LogP contribution is 2.18. The second-order valence-electron chi connectivity index (χ2n) is 4.56. The predicted molar refractivity (Wildman–Crippen MR) is 59.4 cm³/mol. The van der Waals surface area contributed by atoms with Gasteiger partial charge in [0.05, 0.1) is 12.2 Å². The molecule has 0 aromatic rings. The molecule has 1 rings (SSSR count). The summed E-state index contributed by atoms with van der Waals surface area (Å²) < 4.78 is 0. The lowest BCUT2D eigenvalue weighted by atomic mass is 10.2. The Labute approximate surface area is 92.1 Å². The number of likely N-dealkylation sites (tertiary alicyclic amines) is 1. The van der Waals surface area contributed by atoms with Crippen molar-refractivity contribution in [3.8, 4) is 6.07 Å². The van der Waals surface area contributed by atoms with Crippen LogP contribution in [0.5, 0.6) is 0 Å². The van der Waals surface area contributed by atoms with E-state index in [9.17, 15) is 5.11 Å². The molecule has 0 spiro atoms. The molecule has 4 heteroatoms. The maximum Gasteiger partial charge on any atom is 0.0682 e. The van der Waals surface area contributed by atoms with Crippen LogP contribution in [0.3, 0.4) is 0 Å². The van der Waals surface area contributed by atoms with Gasteiger partial charge in [-0.2, -0.15) is 5.26 Å². The maximum absolute atomic E-state index is 9.61. The summed E-state index contributed by atoms with van der Waals surface area (Å²) in [6.45, 7) is 2.69. The fourth-order valence-corrected chi connectivity index (χ4v) is 2.20. The number of rotatable bonds is 5. The molecule has 86 valence electrons. The first-order valence-corrected chi connectivity index (χ1v) is 5.57. The molecule has 0 aromatic carbocycles. The molecule has 2 unspecified atom stereocenters. The first-order chi connectivity index (χ1) is 7.13. The smallest absolute Gasteiger partial charge is 0.0682 e. The second kappa shape index (κ2) is 6.06. The lowest BCUT2D eigenvalue weighted by molar-refractivity contribution is 0.172. The van der Waals surface area contributed by atoms with Crippen LogP contribution in [-0.2, 0) is 0 Å². The van der Waals surface area contributed by atoms with Crippen molar-refractivity contribution < 1.29 is 5.11 Å². The Hall–Kier alpha value is -0.630. The molecule has 0 aromatic heterocycles. The molecule has 1 heterocycles. The van der Waals surface area contributed by atoms with Crippen molar-refractivity contribution in [3.05, 3.63) is 0 Å². The number of likely N-dealkylation sites (N-methyl/N-ethyl adjacent to an activating group) is 1. The van der Waals surface area contributed by atoms with Crippen LogP contribution < -0.4 is 0 Å². The Kier molecular flexibility index (Phi) is 5.03. The summed E-state index contributed by atoms with van der Waals surface area (Å²) in [5, 5.41) is 18.1. The molecule has 1 saturated heterocycles. The van der Waals surface area contributed by atoms with Crippen LogP contribution in [0.4, 0.5) is 0 Å². The van der Waals surface area contributed by atoms with Crippen LogP contribution >= 0.6 is 0 Å². The van der Waals surface area contributed by atoms with Crippen molar-refractivity contribution in [2.24, 2.45) is 0 Å². The van der Waals surface area contributed by atoms with Gasteiger partial charge in [-0.15, -0.1) is 0 Å². The quantitative estimate of drug-likeness (QED) is 0.664. The van der Waals surface area contributed by atoms with Crippen molar-refractivity contribution in [2.45, 2.75) is 31.4 Å². The third-order valence-electron chi connectivity index (χ3n) is 2.82. The van der Waals surface area contributed by atoms with E-state index >= 15 is 0 Å². The van der Waals surface area contributed by atoms with Gasteiger partial charge in [0, 0.05) is 25.6 Å². The van der Waals surface area contributed by atoms with Crippen LogP contribution in [0.15, 0.2) is 0 Å². The number of hydrogen-bond acceptors (Lipinski definition) is 4. The fraction of sp³-hybridized carbons (Fsp3) is 0.909. The van der Waals surface area contributed by atoms with E-state index in [-0.39, 0.29) is 6.10 Å². The van der Waals surface area contributed by atoms with Crippen LogP contribution in [0.2, 0.25) is 0 Å². The van der Waals surface area contributed by atoms with E-state index in [1.54, 1.807) is 0 Å². The molecule has 0 aliphatic carbocycles. The lowest BCUT2D eigenvalue weighted by Crippen LogP contribution is -2.38. The first-order valence-electron chi connectivity index (χ1n) is 5.57. The molecule has 0 radical (unpaired) electrons. The number of hydrogen-bond donors (Lipinski definition) is 1. The van der Waals surface area contributed by atoms with E-state index in [4.69, 9.17) is 5.26 Å². The Bertz CT molecular complexity index is 224. The minimum Gasteiger partial charge on any atom is -0.392 e. The highest BCUT2D eigenvalue weighted by atomic mass is 16.3. The molecule has 15 heavy (non-hydrogen) atoms. The summed E-state index contributed by atoms with van der Waals surface area (Å²) >= 11 is 0. The molecule has 0 saturated carbocycles. The summed E-state index contributed by atoms with van der Waals surface area (Å²) in [7, 11) is 4.11. The second-order valence-corrected chi connectivity index (χ2v) is 4.56. The highest BCUT2D eigenvalue weighted by Gasteiger charge is 2.30. The molecule has 1 N–H and O–H groups in total. The van der Waals surface area contributed by atoms with Gasteiger partial charge in [-0.05, 0) is 33.5 Å². The summed E-state index contributed by atoms with van der Waals surface area (Å²) in [6.07, 6.45) is 2.20. The number of aliphatic hydroxyl groups is 1. The van der Waals surface area contributed by atoms with Gasteiger partial charge in [-0.3, -0.25) is 4.90 Å². The molecule has 4 nitrogen and oxygen atoms in total. The molecule has 2 atom stereocenters. The fourth-order valence-electron chi connectivity index (χ4n) is 2.20. The average Bonchev–Trinajstić information content (AvgIpc) is 2.46. The van der Waals surface area contributed by atoms with Gasteiger partial charge in [-0.1, -0.05) is 0 Å². The Morgan fingerprint density at radius 3 is 2.87 bits per heavy atom. The number of unbranched alkanes of at least 4 members (excludes halogenated alkanes) is 1. The summed E-state index contributed by atoms with van der Waals surface area (Å²) in [5.74, 6) is 0. The van der Waals surface area contributed by atoms with Crippen molar-refractivity contribution in [1.82, 2.24) is 9.80 Å². The zero-order chi connectivity index (χ0) is 11.3. The normalized spacial score (nSPS) is 27.1. The topological polar surface area (TPSA) is 50.5 Å². The molecule has 0 amide bonds. The standard InChI is InChI=1S/C11H21N3O/c1-13(2)8-10-7-11(15)9-14(10)6-4-3-5-12/h10-11,15H,3-4,6-9H2,1-2H3. The zero-order valence-electron chi connectivity index (χ0n) is 9.69. The monoisotopic (exact) mass is 211 g/mol. The van der Waals surface area contributed by atoms with Crippen LogP contribution in [-0.4, -0.2) is 60.8 Å². The summed E-state index contributed by atoms with van der Waals surface area (Å²) in [6, 6.07) is 2.61. The van der Waals surface area contributed by atoms with E-state index in [0.717, 1.165) is 32.5 Å². The Balaban J connectivity index is 2.35. The SMILES string of the molecule is CN(C)CC1CC(O)CN1CCCC#N. The van der Waals surface area contributed by atoms with E-state index in [2.05, 4.69) is 30.0 Å². The average molecular weight is 211 g/mol. The van der Waals surface area contributed by atoms with E-state index in [0.29, 0.717) is 12.5 Å². The van der Waals surface area contributed by atoms with Crippen LogP contribution in [0.25, 0.3) is 0 Å². The number of β-amino-alcohol motifs (C(OH)–C–C–N with tert-alkyl or cyclic N) is 1. The lowest BCUT2D eigenvalue weighted by Gasteiger charge is -2.26. The molecular formula is C11H21N3O. The molecule has 1 aliphatic heterocycles. The van der Waals surface area contributed by atoms with Gasteiger partial charge >= 0.3 is 0 Å². The minimum atomic E-state index is -0.183. The maximum atomic E-state index is 9.61. The summed E-state index contributed by atoms with van der Waals surface area (Å²) in [5.41, 5.74) is 0.